The Morgan fingerprint density at radius 2 is 1.58 bits per heavy atom. The first kappa shape index (κ1) is 21.5. The smallest absolute Gasteiger partial charge is 0.202 e. The standard InChI is InChI=1S/C17H32O7/c1-2-3-4-5-6-7-8-9-12(19)10-17(23)16(22)15(21)14(20)13(11-18)24-17/h13-16,18,20-23H,2-11H2,1H3/t13-,14+,15+,16-,17-/m1/s1. The molecule has 5 N–H and O–H groups in total. The van der Waals surface area contributed by atoms with E-state index < -0.39 is 43.2 Å². The van der Waals surface area contributed by atoms with E-state index in [-0.39, 0.29) is 12.2 Å². The molecule has 1 heterocycles. The van der Waals surface area contributed by atoms with Gasteiger partial charge in [0, 0.05) is 6.42 Å². The molecular formula is C17H32O7. The summed E-state index contributed by atoms with van der Waals surface area (Å²) in [7, 11) is 0. The Balaban J connectivity index is 2.38. The third-order valence-electron chi connectivity index (χ3n) is 4.56. The highest BCUT2D eigenvalue weighted by Gasteiger charge is 2.53. The summed E-state index contributed by atoms with van der Waals surface area (Å²) < 4.78 is 5.09. The molecule has 5 atom stereocenters. The van der Waals surface area contributed by atoms with Gasteiger partial charge in [-0.2, -0.15) is 0 Å². The number of aliphatic hydroxyl groups is 5. The molecule has 1 aliphatic heterocycles. The van der Waals surface area contributed by atoms with Crippen LogP contribution in [0.2, 0.25) is 0 Å². The molecule has 0 aromatic heterocycles. The van der Waals surface area contributed by atoms with Gasteiger partial charge in [-0.25, -0.2) is 0 Å². The molecule has 0 unspecified atom stereocenters. The molecule has 0 amide bonds. The molecule has 0 aromatic rings. The number of Topliss-reactive ketones (excluding diaryl/α,β-unsaturated/α-hetero) is 1. The number of hydrogen-bond acceptors (Lipinski definition) is 7. The average molecular weight is 348 g/mol. The SMILES string of the molecule is CCCCCCCCCC(=O)C[C@@]1(O)O[C@H](CO)[C@H](O)[C@H](O)[C@H]1O. The van der Waals surface area contributed by atoms with Crippen molar-refractivity contribution in [3.8, 4) is 0 Å². The van der Waals surface area contributed by atoms with Gasteiger partial charge < -0.3 is 30.3 Å². The van der Waals surface area contributed by atoms with Crippen molar-refractivity contribution in [3.63, 3.8) is 0 Å². The van der Waals surface area contributed by atoms with Gasteiger partial charge in [-0.1, -0.05) is 45.4 Å². The summed E-state index contributed by atoms with van der Waals surface area (Å²) in [5, 5.41) is 48.7. The van der Waals surface area contributed by atoms with Gasteiger partial charge in [-0.15, -0.1) is 0 Å². The molecule has 1 saturated heterocycles. The van der Waals surface area contributed by atoms with Crippen molar-refractivity contribution in [1.29, 1.82) is 0 Å². The second kappa shape index (κ2) is 10.4. The van der Waals surface area contributed by atoms with Crippen molar-refractivity contribution in [3.05, 3.63) is 0 Å². The van der Waals surface area contributed by atoms with Crippen molar-refractivity contribution in [2.45, 2.75) is 94.9 Å². The third kappa shape index (κ3) is 6.06. The number of hydrogen-bond donors (Lipinski definition) is 5. The predicted molar refractivity (Wildman–Crippen MR) is 87.2 cm³/mol. The number of carbonyl (C=O) groups excluding carboxylic acids is 1. The first-order valence-corrected chi connectivity index (χ1v) is 8.92. The molecule has 1 fully saturated rings. The first-order valence-electron chi connectivity index (χ1n) is 8.92. The van der Waals surface area contributed by atoms with Crippen LogP contribution in [0.15, 0.2) is 0 Å². The van der Waals surface area contributed by atoms with E-state index in [0.717, 1.165) is 19.3 Å². The summed E-state index contributed by atoms with van der Waals surface area (Å²) in [6.07, 6.45) is 0.958. The number of carbonyl (C=O) groups is 1. The predicted octanol–water partition coefficient (Wildman–Crippen LogP) is 0.249. The van der Waals surface area contributed by atoms with Crippen LogP contribution in [0.3, 0.4) is 0 Å². The minimum atomic E-state index is -2.29. The second-order valence-corrected chi connectivity index (χ2v) is 6.70. The van der Waals surface area contributed by atoms with Gasteiger partial charge in [0.1, 0.15) is 30.2 Å². The Morgan fingerprint density at radius 1 is 1.00 bits per heavy atom. The van der Waals surface area contributed by atoms with Crippen LogP contribution in [0.1, 0.15) is 64.7 Å². The van der Waals surface area contributed by atoms with Crippen LogP contribution in [-0.2, 0) is 9.53 Å². The maximum absolute atomic E-state index is 12.0. The topological polar surface area (TPSA) is 127 Å². The van der Waals surface area contributed by atoms with Crippen molar-refractivity contribution in [2.75, 3.05) is 6.61 Å². The minimum absolute atomic E-state index is 0.259. The van der Waals surface area contributed by atoms with Gasteiger partial charge in [0.15, 0.2) is 0 Å². The lowest BCUT2D eigenvalue weighted by atomic mass is 9.89. The van der Waals surface area contributed by atoms with Gasteiger partial charge >= 0.3 is 0 Å². The fourth-order valence-electron chi connectivity index (χ4n) is 3.02. The van der Waals surface area contributed by atoms with Crippen molar-refractivity contribution < 1.29 is 35.1 Å². The molecule has 142 valence electrons. The van der Waals surface area contributed by atoms with Crippen LogP contribution < -0.4 is 0 Å². The molecule has 0 aromatic carbocycles. The first-order chi connectivity index (χ1) is 11.4. The van der Waals surface area contributed by atoms with E-state index in [2.05, 4.69) is 6.92 Å². The Labute approximate surface area is 143 Å². The number of rotatable bonds is 11. The number of unbranched alkanes of at least 4 members (excludes halogenated alkanes) is 6. The summed E-state index contributed by atoms with van der Waals surface area (Å²) in [6.45, 7) is 1.52. The summed E-state index contributed by atoms with van der Waals surface area (Å²) in [4.78, 5) is 12.0. The Bertz CT molecular complexity index is 374. The highest BCUT2D eigenvalue weighted by molar-refractivity contribution is 5.79. The Morgan fingerprint density at radius 3 is 2.17 bits per heavy atom. The fourth-order valence-corrected chi connectivity index (χ4v) is 3.02. The van der Waals surface area contributed by atoms with Gasteiger partial charge in [-0.3, -0.25) is 4.79 Å². The van der Waals surface area contributed by atoms with Crippen LogP contribution in [0.5, 0.6) is 0 Å². The van der Waals surface area contributed by atoms with Crippen LogP contribution in [-0.4, -0.2) is 68.1 Å². The Hall–Kier alpha value is -0.570. The highest BCUT2D eigenvalue weighted by Crippen LogP contribution is 2.31. The molecule has 1 aliphatic rings. The maximum atomic E-state index is 12.0. The molecular weight excluding hydrogens is 316 g/mol. The van der Waals surface area contributed by atoms with Crippen molar-refractivity contribution >= 4 is 5.78 Å². The maximum Gasteiger partial charge on any atom is 0.202 e. The summed E-state index contributed by atoms with van der Waals surface area (Å²) in [6, 6.07) is 0. The zero-order chi connectivity index (χ0) is 18.2. The highest BCUT2D eigenvalue weighted by atomic mass is 16.7. The number of aliphatic hydroxyl groups excluding tert-OH is 4. The molecule has 24 heavy (non-hydrogen) atoms. The van der Waals surface area contributed by atoms with Crippen LogP contribution in [0, 0.1) is 0 Å². The third-order valence-corrected chi connectivity index (χ3v) is 4.56. The molecule has 7 nitrogen and oxygen atoms in total. The molecule has 1 rings (SSSR count). The van der Waals surface area contributed by atoms with Crippen LogP contribution in [0.25, 0.3) is 0 Å². The van der Waals surface area contributed by atoms with E-state index in [4.69, 9.17) is 9.84 Å². The summed E-state index contributed by atoms with van der Waals surface area (Å²) in [5.74, 6) is -2.57. The summed E-state index contributed by atoms with van der Waals surface area (Å²) in [5.41, 5.74) is 0. The van der Waals surface area contributed by atoms with E-state index in [0.29, 0.717) is 6.42 Å². The lowest BCUT2D eigenvalue weighted by Gasteiger charge is -2.45. The van der Waals surface area contributed by atoms with Crippen molar-refractivity contribution in [2.24, 2.45) is 0 Å². The van der Waals surface area contributed by atoms with E-state index in [1.807, 2.05) is 0 Å². The zero-order valence-electron chi connectivity index (χ0n) is 14.4. The number of ketones is 1. The molecule has 7 heteroatoms. The molecule has 0 spiro atoms. The number of ether oxygens (including phenoxy) is 1. The van der Waals surface area contributed by atoms with Crippen molar-refractivity contribution in [1.82, 2.24) is 0 Å². The van der Waals surface area contributed by atoms with E-state index >= 15 is 0 Å². The molecule has 0 radical (unpaired) electrons. The largest absolute Gasteiger partial charge is 0.394 e. The summed E-state index contributed by atoms with van der Waals surface area (Å²) >= 11 is 0. The lowest BCUT2D eigenvalue weighted by Crippen LogP contribution is -2.65. The average Bonchev–Trinajstić information content (AvgIpc) is 2.55. The van der Waals surface area contributed by atoms with Gasteiger partial charge in [0.2, 0.25) is 5.79 Å². The van der Waals surface area contributed by atoms with Gasteiger partial charge in [0.05, 0.1) is 13.0 Å². The van der Waals surface area contributed by atoms with Crippen LogP contribution in [0.4, 0.5) is 0 Å². The van der Waals surface area contributed by atoms with E-state index in [9.17, 15) is 25.2 Å². The molecule has 0 saturated carbocycles. The quantitative estimate of drug-likeness (QED) is 0.339. The van der Waals surface area contributed by atoms with Gasteiger partial charge in [-0.05, 0) is 6.42 Å². The fraction of sp³-hybridized carbons (Fsp3) is 0.941. The molecule has 0 bridgehead atoms. The van der Waals surface area contributed by atoms with Crippen LogP contribution >= 0.6 is 0 Å². The minimum Gasteiger partial charge on any atom is -0.394 e. The second-order valence-electron chi connectivity index (χ2n) is 6.70. The van der Waals surface area contributed by atoms with Gasteiger partial charge in [0.25, 0.3) is 0 Å². The van der Waals surface area contributed by atoms with E-state index in [1.54, 1.807) is 0 Å². The Kier molecular flexibility index (Phi) is 9.33. The zero-order valence-corrected chi connectivity index (χ0v) is 14.4. The monoisotopic (exact) mass is 348 g/mol. The normalized spacial score (nSPS) is 33.6. The molecule has 0 aliphatic carbocycles. The van der Waals surface area contributed by atoms with E-state index in [1.165, 1.54) is 19.3 Å². The lowest BCUT2D eigenvalue weighted by molar-refractivity contribution is -0.347.